The van der Waals surface area contributed by atoms with E-state index in [0.29, 0.717) is 19.3 Å². The molecule has 0 saturated carbocycles. The summed E-state index contributed by atoms with van der Waals surface area (Å²) in [6.45, 7) is 5.92. The highest BCUT2D eigenvalue weighted by atomic mass is 16.7. The van der Waals surface area contributed by atoms with E-state index >= 15 is 0 Å². The molecule has 0 amide bonds. The molecule has 0 aromatic heterocycles. The van der Waals surface area contributed by atoms with E-state index in [-0.39, 0.29) is 25.9 Å². The van der Waals surface area contributed by atoms with Gasteiger partial charge in [-0.25, -0.2) is 4.79 Å². The van der Waals surface area contributed by atoms with Crippen LogP contribution in [0.25, 0.3) is 0 Å². The smallest absolute Gasteiger partial charge is 0.335 e. The largest absolute Gasteiger partial charge is 0.479 e. The van der Waals surface area contributed by atoms with E-state index in [0.717, 1.165) is 141 Å². The normalized spacial score (nSPS) is 18.3. The number of carboxylic acids is 1. The van der Waals surface area contributed by atoms with Crippen LogP contribution in [-0.2, 0) is 42.9 Å². The number of allylic oxidation sites excluding steroid dienone is 12. The number of carbonyl (C=O) groups excluding carboxylic acids is 3. The monoisotopic (exact) mass is 1110 g/mol. The molecule has 0 bridgehead atoms. The third kappa shape index (κ3) is 44.5. The topological polar surface area (TPSA) is 175 Å². The van der Waals surface area contributed by atoms with Crippen molar-refractivity contribution in [2.45, 2.75) is 314 Å². The van der Waals surface area contributed by atoms with Gasteiger partial charge in [0.05, 0.1) is 6.61 Å². The van der Waals surface area contributed by atoms with Gasteiger partial charge in [-0.15, -0.1) is 0 Å². The Morgan fingerprint density at radius 1 is 0.418 bits per heavy atom. The summed E-state index contributed by atoms with van der Waals surface area (Å²) in [6, 6.07) is 0. The van der Waals surface area contributed by atoms with E-state index in [2.05, 4.69) is 93.7 Å². The van der Waals surface area contributed by atoms with Gasteiger partial charge in [-0.2, -0.15) is 0 Å². The SMILES string of the molecule is CCCCC/C=C\C/C=C\CCCCCCCCCC(=O)OCC(COC1OC(C(=O)O)C(O)C(O)C1OC(=O)CCCCCCCCC/C=C\C/C=C\CCCCC)OC(=O)CCCCCCC/C=C\C/C=C\CCCCC. The number of aliphatic hydroxyl groups is 2. The fraction of sp³-hybridized carbons (Fsp3) is 0.761. The Balaban J connectivity index is 2.68. The van der Waals surface area contributed by atoms with Gasteiger partial charge in [0, 0.05) is 19.3 Å². The van der Waals surface area contributed by atoms with Crippen molar-refractivity contribution in [3.63, 3.8) is 0 Å². The minimum Gasteiger partial charge on any atom is -0.479 e. The van der Waals surface area contributed by atoms with Gasteiger partial charge in [-0.1, -0.05) is 216 Å². The number of rotatable bonds is 54. The molecule has 12 heteroatoms. The molecule has 6 atom stereocenters. The second-order valence-electron chi connectivity index (χ2n) is 21.7. The van der Waals surface area contributed by atoms with Gasteiger partial charge in [0.25, 0.3) is 0 Å². The minimum absolute atomic E-state index is 0.0478. The van der Waals surface area contributed by atoms with Crippen LogP contribution < -0.4 is 0 Å². The van der Waals surface area contributed by atoms with Gasteiger partial charge in [0.15, 0.2) is 24.6 Å². The van der Waals surface area contributed by atoms with Crippen LogP contribution in [-0.4, -0.2) is 89.2 Å². The summed E-state index contributed by atoms with van der Waals surface area (Å²) in [5, 5.41) is 31.6. The van der Waals surface area contributed by atoms with E-state index in [1.54, 1.807) is 0 Å². The molecule has 0 aliphatic carbocycles. The number of hydrogen-bond donors (Lipinski definition) is 3. The van der Waals surface area contributed by atoms with Crippen molar-refractivity contribution >= 4 is 23.9 Å². The van der Waals surface area contributed by atoms with Gasteiger partial charge >= 0.3 is 23.9 Å². The Morgan fingerprint density at radius 3 is 1.14 bits per heavy atom. The van der Waals surface area contributed by atoms with E-state index in [1.807, 2.05) is 0 Å². The predicted octanol–water partition coefficient (Wildman–Crippen LogP) is 16.9. The quantitative estimate of drug-likeness (QED) is 0.0228. The van der Waals surface area contributed by atoms with Crippen LogP contribution in [0.4, 0.5) is 0 Å². The molecule has 0 spiro atoms. The van der Waals surface area contributed by atoms with Crippen molar-refractivity contribution < 1.29 is 58.2 Å². The molecule has 6 unspecified atom stereocenters. The van der Waals surface area contributed by atoms with Gasteiger partial charge < -0.3 is 39.0 Å². The summed E-state index contributed by atoms with van der Waals surface area (Å²) in [5.74, 6) is -3.15. The summed E-state index contributed by atoms with van der Waals surface area (Å²) in [6.07, 6.45) is 57.1. The zero-order valence-corrected chi connectivity index (χ0v) is 50.1. The first-order chi connectivity index (χ1) is 38.6. The van der Waals surface area contributed by atoms with Crippen LogP contribution in [0.15, 0.2) is 72.9 Å². The van der Waals surface area contributed by atoms with E-state index in [9.17, 15) is 34.5 Å². The second-order valence-corrected chi connectivity index (χ2v) is 21.7. The Morgan fingerprint density at radius 2 is 0.759 bits per heavy atom. The Hall–Kier alpha value is -3.84. The molecule has 12 nitrogen and oxygen atoms in total. The number of hydrogen-bond acceptors (Lipinski definition) is 11. The van der Waals surface area contributed by atoms with Crippen molar-refractivity contribution in [3.8, 4) is 0 Å². The molecule has 1 aliphatic rings. The first-order valence-electron chi connectivity index (χ1n) is 31.9. The van der Waals surface area contributed by atoms with Gasteiger partial charge in [0.1, 0.15) is 18.8 Å². The van der Waals surface area contributed by atoms with E-state index in [1.165, 1.54) is 77.0 Å². The molecule has 0 aromatic rings. The van der Waals surface area contributed by atoms with Crippen molar-refractivity contribution in [2.75, 3.05) is 13.2 Å². The third-order valence-electron chi connectivity index (χ3n) is 14.2. The Bertz CT molecular complexity index is 1650. The molecule has 454 valence electrons. The Kier molecular flexibility index (Phi) is 50.7. The van der Waals surface area contributed by atoms with Crippen LogP contribution in [0.2, 0.25) is 0 Å². The molecule has 79 heavy (non-hydrogen) atoms. The van der Waals surface area contributed by atoms with Gasteiger partial charge in [-0.05, 0) is 116 Å². The number of carbonyl (C=O) groups is 4. The van der Waals surface area contributed by atoms with Crippen LogP contribution in [0.1, 0.15) is 278 Å². The van der Waals surface area contributed by atoms with Crippen molar-refractivity contribution in [3.05, 3.63) is 72.9 Å². The number of carboxylic acid groups (broad SMARTS) is 1. The zero-order valence-electron chi connectivity index (χ0n) is 50.1. The van der Waals surface area contributed by atoms with Crippen molar-refractivity contribution in [1.29, 1.82) is 0 Å². The minimum atomic E-state index is -1.91. The Labute approximate surface area is 480 Å². The molecule has 1 rings (SSSR count). The maximum atomic E-state index is 13.2. The van der Waals surface area contributed by atoms with Crippen LogP contribution in [0.3, 0.4) is 0 Å². The highest BCUT2D eigenvalue weighted by Gasteiger charge is 2.50. The standard InChI is InChI=1S/C67H114O12/c1-4-7-10-13-16-19-22-25-28-30-33-35-38-41-44-47-50-53-59(68)75-56-58(77-60(69)54-51-48-45-42-39-36-32-27-24-21-18-15-12-9-6-3)57-76-67-65(63(72)62(71)64(79-67)66(73)74)78-61(70)55-52-49-46-43-40-37-34-31-29-26-23-20-17-14-11-8-5-2/h16-21,25-29,32,58,62-65,67,71-72H,4-15,22-24,30-31,33-57H2,1-3H3,(H,73,74)/b19-16-,20-17-,21-18-,28-25-,29-26-,32-27-. The lowest BCUT2D eigenvalue weighted by atomic mass is 9.98. The lowest BCUT2D eigenvalue weighted by Gasteiger charge is -2.40. The number of esters is 3. The van der Waals surface area contributed by atoms with Crippen molar-refractivity contribution in [1.82, 2.24) is 0 Å². The first-order valence-corrected chi connectivity index (χ1v) is 31.9. The molecular formula is C67H114O12. The second kappa shape index (κ2) is 54.7. The van der Waals surface area contributed by atoms with Gasteiger partial charge in [-0.3, -0.25) is 14.4 Å². The fourth-order valence-electron chi connectivity index (χ4n) is 9.28. The maximum Gasteiger partial charge on any atom is 0.335 e. The third-order valence-corrected chi connectivity index (χ3v) is 14.2. The van der Waals surface area contributed by atoms with Crippen LogP contribution >= 0.6 is 0 Å². The van der Waals surface area contributed by atoms with Gasteiger partial charge in [0.2, 0.25) is 0 Å². The average molecular weight is 1110 g/mol. The molecule has 1 saturated heterocycles. The molecule has 1 heterocycles. The number of aliphatic hydroxyl groups excluding tert-OH is 2. The molecule has 1 aliphatic heterocycles. The summed E-state index contributed by atoms with van der Waals surface area (Å²) in [5.41, 5.74) is 0. The molecule has 1 fully saturated rings. The molecular weight excluding hydrogens is 997 g/mol. The van der Waals surface area contributed by atoms with E-state index in [4.69, 9.17) is 23.7 Å². The van der Waals surface area contributed by atoms with Crippen LogP contribution in [0.5, 0.6) is 0 Å². The highest BCUT2D eigenvalue weighted by Crippen LogP contribution is 2.26. The maximum absolute atomic E-state index is 13.2. The lowest BCUT2D eigenvalue weighted by Crippen LogP contribution is -2.61. The fourth-order valence-corrected chi connectivity index (χ4v) is 9.28. The summed E-state index contributed by atoms with van der Waals surface area (Å²) >= 11 is 0. The lowest BCUT2D eigenvalue weighted by molar-refractivity contribution is -0.301. The number of ether oxygens (including phenoxy) is 5. The summed E-state index contributed by atoms with van der Waals surface area (Å²) in [7, 11) is 0. The molecule has 0 aromatic carbocycles. The van der Waals surface area contributed by atoms with Crippen LogP contribution in [0, 0.1) is 0 Å². The molecule has 0 radical (unpaired) electrons. The van der Waals surface area contributed by atoms with E-state index < -0.39 is 67.3 Å². The number of unbranched alkanes of at least 4 members (excludes halogenated alkanes) is 28. The summed E-state index contributed by atoms with van der Waals surface area (Å²) in [4.78, 5) is 51.3. The first kappa shape index (κ1) is 73.2. The highest BCUT2D eigenvalue weighted by molar-refractivity contribution is 5.74. The zero-order chi connectivity index (χ0) is 57.5. The number of aliphatic carboxylic acids is 1. The summed E-state index contributed by atoms with van der Waals surface area (Å²) < 4.78 is 28.5. The van der Waals surface area contributed by atoms with Crippen molar-refractivity contribution in [2.24, 2.45) is 0 Å². The molecule has 3 N–H and O–H groups in total. The average Bonchev–Trinajstić information content (AvgIpc) is 3.47. The predicted molar refractivity (Wildman–Crippen MR) is 322 cm³/mol.